The Kier molecular flexibility index (Phi) is 5.70. The van der Waals surface area contributed by atoms with E-state index in [4.69, 9.17) is 9.47 Å². The molecule has 4 rings (SSSR count). The average Bonchev–Trinajstić information content (AvgIpc) is 3.28. The van der Waals surface area contributed by atoms with Crippen molar-refractivity contribution in [3.8, 4) is 11.5 Å². The van der Waals surface area contributed by atoms with Gasteiger partial charge in [0.2, 0.25) is 11.8 Å². The molecule has 7 nitrogen and oxygen atoms in total. The Morgan fingerprint density at radius 1 is 1.19 bits per heavy atom. The second kappa shape index (κ2) is 8.16. The third kappa shape index (κ3) is 3.57. The van der Waals surface area contributed by atoms with Gasteiger partial charge in [0.05, 0.1) is 25.8 Å². The molecule has 31 heavy (non-hydrogen) atoms. The number of rotatable bonds is 5. The molecule has 0 saturated carbocycles. The first-order valence-electron chi connectivity index (χ1n) is 10.2. The van der Waals surface area contributed by atoms with Crippen LogP contribution in [-0.4, -0.2) is 32.1 Å². The van der Waals surface area contributed by atoms with E-state index in [9.17, 15) is 9.59 Å². The molecule has 1 fully saturated rings. The van der Waals surface area contributed by atoms with Crippen molar-refractivity contribution in [3.05, 3.63) is 46.4 Å². The summed E-state index contributed by atoms with van der Waals surface area (Å²) >= 11 is 3.51. The fourth-order valence-electron chi connectivity index (χ4n) is 4.54. The highest BCUT2D eigenvalue weighted by Gasteiger charge is 2.60. The van der Waals surface area contributed by atoms with E-state index >= 15 is 0 Å². The van der Waals surface area contributed by atoms with Gasteiger partial charge in [-0.05, 0) is 42.7 Å². The van der Waals surface area contributed by atoms with Crippen molar-refractivity contribution in [1.82, 2.24) is 5.32 Å². The van der Waals surface area contributed by atoms with E-state index < -0.39 is 11.5 Å². The van der Waals surface area contributed by atoms with Crippen molar-refractivity contribution in [2.24, 2.45) is 11.8 Å². The topological polar surface area (TPSA) is 88.7 Å². The molecule has 3 unspecified atom stereocenters. The molecule has 0 aliphatic carbocycles. The Bertz CT molecular complexity index is 1040. The molecular weight excluding hydrogens is 462 g/mol. The average molecular weight is 488 g/mol. The van der Waals surface area contributed by atoms with Gasteiger partial charge >= 0.3 is 0 Å². The lowest BCUT2D eigenvalue weighted by molar-refractivity contribution is -0.130. The van der Waals surface area contributed by atoms with Gasteiger partial charge in [-0.15, -0.1) is 0 Å². The summed E-state index contributed by atoms with van der Waals surface area (Å²) in [5.74, 6) is 0.319. The summed E-state index contributed by atoms with van der Waals surface area (Å²) in [6.45, 7) is 4.18. The van der Waals surface area contributed by atoms with Crippen molar-refractivity contribution < 1.29 is 19.1 Å². The van der Waals surface area contributed by atoms with Crippen molar-refractivity contribution in [1.29, 1.82) is 0 Å². The number of methoxy groups -OCH3 is 2. The van der Waals surface area contributed by atoms with Gasteiger partial charge in [-0.25, -0.2) is 0 Å². The van der Waals surface area contributed by atoms with Crippen molar-refractivity contribution >= 4 is 39.1 Å². The number of hydrogen-bond acceptors (Lipinski definition) is 5. The lowest BCUT2D eigenvalue weighted by Crippen LogP contribution is -2.52. The van der Waals surface area contributed by atoms with Crippen LogP contribution in [0, 0.1) is 11.8 Å². The Hall–Kier alpha value is -2.58. The highest BCUT2D eigenvalue weighted by molar-refractivity contribution is 9.10. The fourth-order valence-corrected chi connectivity index (χ4v) is 4.90. The number of benzene rings is 2. The van der Waals surface area contributed by atoms with E-state index in [0.29, 0.717) is 23.6 Å². The first kappa shape index (κ1) is 21.6. The van der Waals surface area contributed by atoms with Crippen molar-refractivity contribution in [2.45, 2.75) is 31.8 Å². The van der Waals surface area contributed by atoms with Crippen molar-refractivity contribution in [3.63, 3.8) is 0 Å². The van der Waals surface area contributed by atoms with Crippen LogP contribution in [0.1, 0.15) is 25.8 Å². The van der Waals surface area contributed by atoms with Gasteiger partial charge in [0.25, 0.3) is 0 Å². The fraction of sp³-hybridized carbons (Fsp3) is 0.391. The van der Waals surface area contributed by atoms with Crippen LogP contribution in [0.4, 0.5) is 11.4 Å². The highest BCUT2D eigenvalue weighted by Crippen LogP contribution is 2.49. The molecule has 1 saturated heterocycles. The first-order chi connectivity index (χ1) is 14.8. The Balaban J connectivity index is 1.75. The van der Waals surface area contributed by atoms with Crippen LogP contribution in [-0.2, 0) is 15.1 Å². The van der Waals surface area contributed by atoms with Gasteiger partial charge < -0.3 is 20.1 Å². The predicted octanol–water partition coefficient (Wildman–Crippen LogP) is 3.89. The monoisotopic (exact) mass is 487 g/mol. The van der Waals surface area contributed by atoms with Crippen LogP contribution in [0.25, 0.3) is 0 Å². The normalized spacial score (nSPS) is 24.3. The summed E-state index contributed by atoms with van der Waals surface area (Å²) in [5, 5.41) is 9.46. The van der Waals surface area contributed by atoms with Crippen LogP contribution in [0.15, 0.2) is 40.9 Å². The molecule has 2 aromatic carbocycles. The molecule has 3 N–H and O–H groups in total. The zero-order valence-electron chi connectivity index (χ0n) is 17.9. The molecule has 0 bridgehead atoms. The van der Waals surface area contributed by atoms with Gasteiger partial charge in [-0.1, -0.05) is 29.8 Å². The zero-order chi connectivity index (χ0) is 22.3. The number of carbonyl (C=O) groups is 2. The number of anilines is 2. The molecule has 164 valence electrons. The maximum Gasteiger partial charge on any atom is 0.250 e. The number of nitrogens with one attached hydrogen (secondary N) is 3. The van der Waals surface area contributed by atoms with E-state index in [2.05, 4.69) is 45.7 Å². The van der Waals surface area contributed by atoms with Crippen LogP contribution in [0.5, 0.6) is 11.5 Å². The van der Waals surface area contributed by atoms with Gasteiger partial charge in [0, 0.05) is 27.8 Å². The Labute approximate surface area is 190 Å². The first-order valence-corrected chi connectivity index (χ1v) is 11.0. The lowest BCUT2D eigenvalue weighted by Gasteiger charge is -2.30. The minimum Gasteiger partial charge on any atom is -0.497 e. The number of amides is 2. The van der Waals surface area contributed by atoms with E-state index in [1.807, 2.05) is 18.2 Å². The molecule has 1 spiro atoms. The molecule has 0 radical (unpaired) electrons. The second-order valence-corrected chi connectivity index (χ2v) is 9.21. The highest BCUT2D eigenvalue weighted by atomic mass is 79.9. The Morgan fingerprint density at radius 3 is 2.65 bits per heavy atom. The summed E-state index contributed by atoms with van der Waals surface area (Å²) in [7, 11) is 3.11. The second-order valence-electron chi connectivity index (χ2n) is 8.29. The van der Waals surface area contributed by atoms with E-state index in [1.54, 1.807) is 32.4 Å². The SMILES string of the molecule is COc1ccc(OC)c(NC(=O)C2CC(C(C)C)NC23C(=O)Nc2ccc(Br)cc23)c1. The largest absolute Gasteiger partial charge is 0.497 e. The van der Waals surface area contributed by atoms with Crippen LogP contribution >= 0.6 is 15.9 Å². The summed E-state index contributed by atoms with van der Waals surface area (Å²) in [4.78, 5) is 26.9. The molecule has 0 aromatic heterocycles. The molecule has 2 aromatic rings. The zero-order valence-corrected chi connectivity index (χ0v) is 19.5. The minimum absolute atomic E-state index is 0.0126. The van der Waals surface area contributed by atoms with Gasteiger partial charge in [0.1, 0.15) is 17.0 Å². The lowest BCUT2D eigenvalue weighted by atomic mass is 9.79. The maximum atomic E-state index is 13.6. The van der Waals surface area contributed by atoms with Crippen LogP contribution < -0.4 is 25.4 Å². The number of carbonyl (C=O) groups excluding carboxylic acids is 2. The summed E-state index contributed by atoms with van der Waals surface area (Å²) in [6.07, 6.45) is 0.537. The minimum atomic E-state index is -1.13. The molecule has 2 amide bonds. The quantitative estimate of drug-likeness (QED) is 0.595. The molecule has 8 heteroatoms. The third-order valence-corrected chi connectivity index (χ3v) is 6.72. The molecule has 2 heterocycles. The number of fused-ring (bicyclic) bond motifs is 2. The van der Waals surface area contributed by atoms with Crippen LogP contribution in [0.3, 0.4) is 0 Å². The van der Waals surface area contributed by atoms with Gasteiger partial charge in [-0.2, -0.15) is 0 Å². The summed E-state index contributed by atoms with van der Waals surface area (Å²) < 4.78 is 11.6. The van der Waals surface area contributed by atoms with Crippen LogP contribution in [0.2, 0.25) is 0 Å². The molecular formula is C23H26BrN3O4. The summed E-state index contributed by atoms with van der Waals surface area (Å²) in [5.41, 5.74) is 0.877. The molecule has 3 atom stereocenters. The standard InChI is InChI=1S/C23H26BrN3O4/c1-12(2)18-11-16(21(28)25-19-10-14(30-3)6-8-20(19)31-4)23(27-18)15-9-13(24)5-7-17(15)26-22(23)29/h5-10,12,16,18,27H,11H2,1-4H3,(H,25,28)(H,26,29). The number of halogens is 1. The molecule has 2 aliphatic heterocycles. The number of hydrogen-bond donors (Lipinski definition) is 3. The van der Waals surface area contributed by atoms with E-state index in [1.165, 1.54) is 0 Å². The summed E-state index contributed by atoms with van der Waals surface area (Å²) in [6, 6.07) is 10.9. The Morgan fingerprint density at radius 2 is 1.97 bits per heavy atom. The van der Waals surface area contributed by atoms with Crippen molar-refractivity contribution in [2.75, 3.05) is 24.9 Å². The third-order valence-electron chi connectivity index (χ3n) is 6.22. The van der Waals surface area contributed by atoms with E-state index in [0.717, 1.165) is 15.7 Å². The van der Waals surface area contributed by atoms with Gasteiger partial charge in [0.15, 0.2) is 0 Å². The van der Waals surface area contributed by atoms with E-state index in [-0.39, 0.29) is 23.8 Å². The predicted molar refractivity (Wildman–Crippen MR) is 122 cm³/mol. The maximum absolute atomic E-state index is 13.6. The smallest absolute Gasteiger partial charge is 0.250 e. The van der Waals surface area contributed by atoms with Gasteiger partial charge in [-0.3, -0.25) is 14.9 Å². The molecule has 2 aliphatic rings. The number of ether oxygens (including phenoxy) is 2.